The molecule has 20 heavy (non-hydrogen) atoms. The van der Waals surface area contributed by atoms with E-state index in [1.807, 2.05) is 19.1 Å². The monoisotopic (exact) mass is 351 g/mol. The van der Waals surface area contributed by atoms with Crippen LogP contribution in [0.4, 0.5) is 5.82 Å². The first kappa shape index (κ1) is 13.8. The molecule has 0 radical (unpaired) electrons. The predicted octanol–water partition coefficient (Wildman–Crippen LogP) is 4.69. The van der Waals surface area contributed by atoms with Crippen molar-refractivity contribution in [3.8, 4) is 0 Å². The zero-order chi connectivity index (χ0) is 14.1. The average Bonchev–Trinajstić information content (AvgIpc) is 3.25. The van der Waals surface area contributed by atoms with Gasteiger partial charge in [-0.2, -0.15) is 0 Å². The Hall–Kier alpha value is -1.13. The highest BCUT2D eigenvalue weighted by atomic mass is 79.9. The molecule has 1 aliphatic rings. The lowest BCUT2D eigenvalue weighted by Crippen LogP contribution is -2.07. The molecule has 0 aliphatic heterocycles. The highest BCUT2D eigenvalue weighted by molar-refractivity contribution is 9.10. The number of aromatic nitrogens is 2. The van der Waals surface area contributed by atoms with Crippen LogP contribution in [0, 0.1) is 6.92 Å². The van der Waals surface area contributed by atoms with Gasteiger partial charge in [-0.25, -0.2) is 9.97 Å². The summed E-state index contributed by atoms with van der Waals surface area (Å²) >= 11 is 9.68. The molecule has 1 aromatic carbocycles. The zero-order valence-electron chi connectivity index (χ0n) is 11.2. The summed E-state index contributed by atoms with van der Waals surface area (Å²) in [6, 6.07) is 8.21. The lowest BCUT2D eigenvalue weighted by molar-refractivity contribution is 0.911. The van der Waals surface area contributed by atoms with Crippen LogP contribution in [-0.2, 0) is 6.54 Å². The van der Waals surface area contributed by atoms with Gasteiger partial charge in [0.15, 0.2) is 0 Å². The molecule has 104 valence electrons. The van der Waals surface area contributed by atoms with E-state index in [0.29, 0.717) is 11.1 Å². The Morgan fingerprint density at radius 3 is 2.85 bits per heavy atom. The van der Waals surface area contributed by atoms with Crippen LogP contribution in [0.3, 0.4) is 0 Å². The Kier molecular flexibility index (Phi) is 3.94. The molecule has 5 heteroatoms. The van der Waals surface area contributed by atoms with Crippen molar-refractivity contribution >= 4 is 33.3 Å². The zero-order valence-corrected chi connectivity index (χ0v) is 13.5. The summed E-state index contributed by atoms with van der Waals surface area (Å²) in [6.45, 7) is 2.67. The standard InChI is InChI=1S/C15H15BrClN3/c1-9-13(17)19-15(11-5-6-11)20-14(9)18-8-10-3-2-4-12(16)7-10/h2-4,7,11H,5-6,8H2,1H3,(H,18,19,20). The number of anilines is 1. The number of nitrogens with zero attached hydrogens (tertiary/aromatic N) is 2. The molecule has 2 aromatic rings. The molecule has 3 nitrogen and oxygen atoms in total. The van der Waals surface area contributed by atoms with E-state index in [1.54, 1.807) is 0 Å². The van der Waals surface area contributed by atoms with Crippen LogP contribution in [0.25, 0.3) is 0 Å². The maximum absolute atomic E-state index is 6.20. The molecular formula is C15H15BrClN3. The fourth-order valence-corrected chi connectivity index (χ4v) is 2.66. The fraction of sp³-hybridized carbons (Fsp3) is 0.333. The third-order valence-corrected chi connectivity index (χ3v) is 4.26. The Morgan fingerprint density at radius 1 is 1.35 bits per heavy atom. The van der Waals surface area contributed by atoms with Gasteiger partial charge in [0, 0.05) is 22.5 Å². The molecule has 0 saturated heterocycles. The Balaban J connectivity index is 1.79. The van der Waals surface area contributed by atoms with Gasteiger partial charge in [-0.3, -0.25) is 0 Å². The normalized spacial score (nSPS) is 14.3. The SMILES string of the molecule is Cc1c(Cl)nc(C2CC2)nc1NCc1cccc(Br)c1. The summed E-state index contributed by atoms with van der Waals surface area (Å²) in [7, 11) is 0. The quantitative estimate of drug-likeness (QED) is 0.811. The van der Waals surface area contributed by atoms with E-state index in [1.165, 1.54) is 18.4 Å². The smallest absolute Gasteiger partial charge is 0.137 e. The summed E-state index contributed by atoms with van der Waals surface area (Å²) in [5.41, 5.74) is 2.10. The van der Waals surface area contributed by atoms with Crippen LogP contribution in [0.2, 0.25) is 5.15 Å². The molecule has 1 saturated carbocycles. The molecule has 3 rings (SSSR count). The number of nitrogens with one attached hydrogen (secondary N) is 1. The maximum Gasteiger partial charge on any atom is 0.137 e. The van der Waals surface area contributed by atoms with E-state index < -0.39 is 0 Å². The molecule has 1 N–H and O–H groups in total. The second-order valence-electron chi connectivity index (χ2n) is 5.10. The topological polar surface area (TPSA) is 37.8 Å². The Morgan fingerprint density at radius 2 is 2.15 bits per heavy atom. The van der Waals surface area contributed by atoms with Crippen LogP contribution >= 0.6 is 27.5 Å². The van der Waals surface area contributed by atoms with Gasteiger partial charge in [0.25, 0.3) is 0 Å². The summed E-state index contributed by atoms with van der Waals surface area (Å²) in [4.78, 5) is 8.99. The van der Waals surface area contributed by atoms with E-state index >= 15 is 0 Å². The van der Waals surface area contributed by atoms with Crippen LogP contribution in [0.1, 0.15) is 35.7 Å². The van der Waals surface area contributed by atoms with E-state index in [-0.39, 0.29) is 0 Å². The van der Waals surface area contributed by atoms with Gasteiger partial charge in [-0.1, -0.05) is 39.7 Å². The lowest BCUT2D eigenvalue weighted by atomic mass is 10.2. The number of hydrogen-bond acceptors (Lipinski definition) is 3. The van der Waals surface area contributed by atoms with Gasteiger partial charge >= 0.3 is 0 Å². The second-order valence-corrected chi connectivity index (χ2v) is 6.38. The van der Waals surface area contributed by atoms with Gasteiger partial charge in [0.2, 0.25) is 0 Å². The molecule has 1 fully saturated rings. The van der Waals surface area contributed by atoms with Gasteiger partial charge < -0.3 is 5.32 Å². The van der Waals surface area contributed by atoms with Crippen molar-refractivity contribution in [3.05, 3.63) is 50.8 Å². The van der Waals surface area contributed by atoms with Crippen molar-refractivity contribution in [2.45, 2.75) is 32.2 Å². The largest absolute Gasteiger partial charge is 0.366 e. The van der Waals surface area contributed by atoms with Gasteiger partial charge in [0.1, 0.15) is 16.8 Å². The number of rotatable bonds is 4. The lowest BCUT2D eigenvalue weighted by Gasteiger charge is -2.11. The highest BCUT2D eigenvalue weighted by Crippen LogP contribution is 2.39. The predicted molar refractivity (Wildman–Crippen MR) is 85.2 cm³/mol. The number of benzene rings is 1. The highest BCUT2D eigenvalue weighted by Gasteiger charge is 2.27. The van der Waals surface area contributed by atoms with Gasteiger partial charge in [0.05, 0.1) is 0 Å². The summed E-state index contributed by atoms with van der Waals surface area (Å²) in [5, 5.41) is 3.92. The first-order valence-electron chi connectivity index (χ1n) is 6.66. The summed E-state index contributed by atoms with van der Waals surface area (Å²) in [6.07, 6.45) is 2.34. The Bertz CT molecular complexity index is 641. The number of hydrogen-bond donors (Lipinski definition) is 1. The van der Waals surface area contributed by atoms with E-state index in [4.69, 9.17) is 11.6 Å². The van der Waals surface area contributed by atoms with Crippen LogP contribution < -0.4 is 5.32 Å². The van der Waals surface area contributed by atoms with E-state index in [9.17, 15) is 0 Å². The van der Waals surface area contributed by atoms with Crippen LogP contribution in [0.15, 0.2) is 28.7 Å². The molecule has 0 spiro atoms. The first-order valence-corrected chi connectivity index (χ1v) is 7.83. The van der Waals surface area contributed by atoms with Gasteiger partial charge in [-0.15, -0.1) is 0 Å². The Labute approximate surface area is 131 Å². The molecular weight excluding hydrogens is 338 g/mol. The maximum atomic E-state index is 6.20. The minimum Gasteiger partial charge on any atom is -0.366 e. The molecule has 0 atom stereocenters. The minimum absolute atomic E-state index is 0.500. The van der Waals surface area contributed by atoms with Crippen LogP contribution in [0.5, 0.6) is 0 Å². The molecule has 1 aliphatic carbocycles. The minimum atomic E-state index is 0.500. The van der Waals surface area contributed by atoms with E-state index in [0.717, 1.165) is 28.2 Å². The van der Waals surface area contributed by atoms with E-state index in [2.05, 4.69) is 43.3 Å². The molecule has 0 unspecified atom stereocenters. The second kappa shape index (κ2) is 5.70. The molecule has 1 aromatic heterocycles. The third-order valence-electron chi connectivity index (χ3n) is 3.40. The molecule has 0 amide bonds. The first-order chi connectivity index (χ1) is 9.63. The van der Waals surface area contributed by atoms with Crippen molar-refractivity contribution in [3.63, 3.8) is 0 Å². The van der Waals surface area contributed by atoms with Crippen molar-refractivity contribution < 1.29 is 0 Å². The fourth-order valence-electron chi connectivity index (χ4n) is 2.03. The van der Waals surface area contributed by atoms with Crippen LogP contribution in [-0.4, -0.2) is 9.97 Å². The van der Waals surface area contributed by atoms with Gasteiger partial charge in [-0.05, 0) is 37.5 Å². The number of halogens is 2. The van der Waals surface area contributed by atoms with Crippen molar-refractivity contribution in [2.24, 2.45) is 0 Å². The molecule has 0 bridgehead atoms. The van der Waals surface area contributed by atoms with Crippen molar-refractivity contribution in [2.75, 3.05) is 5.32 Å². The average molecular weight is 353 g/mol. The van der Waals surface area contributed by atoms with Crippen molar-refractivity contribution in [1.29, 1.82) is 0 Å². The summed E-state index contributed by atoms with van der Waals surface area (Å²) < 4.78 is 1.08. The van der Waals surface area contributed by atoms with Crippen molar-refractivity contribution in [1.82, 2.24) is 9.97 Å². The summed E-state index contributed by atoms with van der Waals surface area (Å²) in [5.74, 6) is 2.21. The molecule has 1 heterocycles. The third kappa shape index (κ3) is 3.13.